The zero-order chi connectivity index (χ0) is 21.6. The smallest absolute Gasteiger partial charge is 0.275 e. The van der Waals surface area contributed by atoms with Gasteiger partial charge < -0.3 is 19.6 Å². The maximum absolute atomic E-state index is 12.6. The molecule has 1 aliphatic heterocycles. The minimum Gasteiger partial charge on any atom is -0.361 e. The predicted molar refractivity (Wildman–Crippen MR) is 120 cm³/mol. The minimum absolute atomic E-state index is 0.000887. The molecule has 2 aromatic carbocycles. The van der Waals surface area contributed by atoms with Gasteiger partial charge >= 0.3 is 0 Å². The number of carbonyl (C=O) groups is 1. The first kappa shape index (κ1) is 21.3. The maximum atomic E-state index is 12.6. The van der Waals surface area contributed by atoms with Crippen molar-refractivity contribution in [3.05, 3.63) is 77.7 Å². The first-order valence-corrected chi connectivity index (χ1v) is 11.1. The lowest BCUT2D eigenvalue weighted by Crippen LogP contribution is -3.28. The van der Waals surface area contributed by atoms with Crippen LogP contribution in [0.15, 0.2) is 65.2 Å². The van der Waals surface area contributed by atoms with Crippen LogP contribution < -0.4 is 15.1 Å². The Hall–Kier alpha value is -2.96. The largest absolute Gasteiger partial charge is 0.361 e. The Morgan fingerprint density at radius 1 is 1.00 bits per heavy atom. The summed E-state index contributed by atoms with van der Waals surface area (Å²) in [5.41, 5.74) is 4.53. The Kier molecular flexibility index (Phi) is 6.79. The average molecular weight is 421 g/mol. The summed E-state index contributed by atoms with van der Waals surface area (Å²) in [6.07, 6.45) is 0. The molecule has 1 atom stereocenters. The van der Waals surface area contributed by atoms with Crippen LogP contribution in [0, 0.1) is 6.92 Å². The number of aryl methyl sites for hydroxylation is 1. The molecule has 162 valence electrons. The Balaban J connectivity index is 1.22. The molecule has 0 bridgehead atoms. The molecule has 1 amide bonds. The summed E-state index contributed by atoms with van der Waals surface area (Å²) < 4.78 is 5.16. The third-order valence-corrected chi connectivity index (χ3v) is 6.08. The fourth-order valence-electron chi connectivity index (χ4n) is 4.27. The van der Waals surface area contributed by atoms with Gasteiger partial charge in [0.05, 0.1) is 6.04 Å². The summed E-state index contributed by atoms with van der Waals surface area (Å²) in [4.78, 5) is 15.5. The lowest BCUT2D eigenvalue weighted by Gasteiger charge is -2.29. The molecule has 0 spiro atoms. The van der Waals surface area contributed by atoms with E-state index in [0.717, 1.165) is 49.7 Å². The van der Waals surface area contributed by atoms with Crippen molar-refractivity contribution in [2.45, 2.75) is 26.4 Å². The highest BCUT2D eigenvalue weighted by Crippen LogP contribution is 2.21. The molecule has 6 nitrogen and oxygen atoms in total. The number of aromatic nitrogens is 1. The van der Waals surface area contributed by atoms with Crippen molar-refractivity contribution in [2.24, 2.45) is 0 Å². The second kappa shape index (κ2) is 9.90. The summed E-state index contributed by atoms with van der Waals surface area (Å²) in [6, 6.07) is 20.8. The Labute approximate surface area is 183 Å². The van der Waals surface area contributed by atoms with E-state index in [1.54, 1.807) is 0 Å². The van der Waals surface area contributed by atoms with Crippen molar-refractivity contribution < 1.29 is 19.1 Å². The monoisotopic (exact) mass is 420 g/mol. The first-order chi connectivity index (χ1) is 15.1. The number of benzene rings is 2. The Morgan fingerprint density at radius 2 is 1.65 bits per heavy atom. The lowest BCUT2D eigenvalue weighted by molar-refractivity contribution is -1.02. The maximum Gasteiger partial charge on any atom is 0.275 e. The lowest BCUT2D eigenvalue weighted by atomic mass is 10.0. The SMILES string of the molecule is Cc1cc(C[NH+]2CC[NH+](CC(=O)N[C@@H](C)c3ccc(-c4ccccc4)cc3)CC2)no1. The van der Waals surface area contributed by atoms with E-state index in [2.05, 4.69) is 46.9 Å². The summed E-state index contributed by atoms with van der Waals surface area (Å²) >= 11 is 0. The van der Waals surface area contributed by atoms with Crippen LogP contribution >= 0.6 is 0 Å². The molecule has 1 fully saturated rings. The Morgan fingerprint density at radius 3 is 2.29 bits per heavy atom. The van der Waals surface area contributed by atoms with Gasteiger partial charge in [0.2, 0.25) is 0 Å². The molecule has 1 aromatic heterocycles. The molecular formula is C25H32N4O2+2. The van der Waals surface area contributed by atoms with Gasteiger partial charge in [-0.2, -0.15) is 0 Å². The van der Waals surface area contributed by atoms with Crippen LogP contribution in [0.5, 0.6) is 0 Å². The minimum atomic E-state index is -0.000887. The van der Waals surface area contributed by atoms with Crippen molar-refractivity contribution in [3.63, 3.8) is 0 Å². The van der Waals surface area contributed by atoms with Crippen LogP contribution in [-0.4, -0.2) is 43.8 Å². The number of piperazine rings is 1. The van der Waals surface area contributed by atoms with E-state index in [1.807, 2.05) is 38.1 Å². The van der Waals surface area contributed by atoms with Crippen LogP contribution in [-0.2, 0) is 11.3 Å². The van der Waals surface area contributed by atoms with E-state index in [1.165, 1.54) is 20.9 Å². The highest BCUT2D eigenvalue weighted by molar-refractivity contribution is 5.77. The molecule has 6 heteroatoms. The van der Waals surface area contributed by atoms with Crippen molar-refractivity contribution in [1.29, 1.82) is 0 Å². The van der Waals surface area contributed by atoms with Crippen LogP contribution in [0.1, 0.15) is 30.0 Å². The second-order valence-electron chi connectivity index (χ2n) is 8.56. The molecule has 0 unspecified atom stereocenters. The molecule has 4 rings (SSSR count). The summed E-state index contributed by atoms with van der Waals surface area (Å²) in [5, 5.41) is 7.26. The fraction of sp³-hybridized carbons (Fsp3) is 0.360. The zero-order valence-electron chi connectivity index (χ0n) is 18.4. The van der Waals surface area contributed by atoms with Gasteiger partial charge in [0.15, 0.2) is 6.54 Å². The van der Waals surface area contributed by atoms with Gasteiger partial charge in [-0.15, -0.1) is 0 Å². The molecule has 0 saturated carbocycles. The highest BCUT2D eigenvalue weighted by atomic mass is 16.5. The second-order valence-corrected chi connectivity index (χ2v) is 8.56. The molecule has 3 N–H and O–H groups in total. The molecule has 1 saturated heterocycles. The number of quaternary nitrogens is 2. The third-order valence-electron chi connectivity index (χ3n) is 6.08. The van der Waals surface area contributed by atoms with Crippen molar-refractivity contribution in [3.8, 4) is 11.1 Å². The highest BCUT2D eigenvalue weighted by Gasteiger charge is 2.26. The molecule has 31 heavy (non-hydrogen) atoms. The van der Waals surface area contributed by atoms with E-state index in [0.29, 0.717) is 6.54 Å². The van der Waals surface area contributed by atoms with E-state index >= 15 is 0 Å². The average Bonchev–Trinajstić information content (AvgIpc) is 3.20. The summed E-state index contributed by atoms with van der Waals surface area (Å²) in [7, 11) is 0. The van der Waals surface area contributed by atoms with Crippen molar-refractivity contribution in [1.82, 2.24) is 10.5 Å². The standard InChI is InChI=1S/C25H30N4O2/c1-19-16-24(27-31-19)17-28-12-14-29(15-13-28)18-25(30)26-20(2)21-8-10-23(11-9-21)22-6-4-3-5-7-22/h3-11,16,20H,12-15,17-18H2,1-2H3,(H,26,30)/p+2/t20-/m0/s1. The number of amides is 1. The predicted octanol–water partition coefficient (Wildman–Crippen LogP) is 0.811. The number of hydrogen-bond acceptors (Lipinski definition) is 3. The van der Waals surface area contributed by atoms with E-state index in [4.69, 9.17) is 4.52 Å². The first-order valence-electron chi connectivity index (χ1n) is 11.1. The zero-order valence-corrected chi connectivity index (χ0v) is 18.4. The van der Waals surface area contributed by atoms with Crippen LogP contribution in [0.25, 0.3) is 11.1 Å². The van der Waals surface area contributed by atoms with E-state index in [9.17, 15) is 4.79 Å². The number of hydrogen-bond donors (Lipinski definition) is 3. The van der Waals surface area contributed by atoms with Gasteiger partial charge in [-0.3, -0.25) is 4.79 Å². The molecule has 2 heterocycles. The molecule has 1 aliphatic rings. The van der Waals surface area contributed by atoms with E-state index in [-0.39, 0.29) is 11.9 Å². The normalized spacial score (nSPS) is 19.7. The van der Waals surface area contributed by atoms with Gasteiger partial charge in [-0.25, -0.2) is 0 Å². The molecule has 0 aliphatic carbocycles. The number of carbonyl (C=O) groups excluding carboxylic acids is 1. The van der Waals surface area contributed by atoms with Crippen LogP contribution in [0.2, 0.25) is 0 Å². The van der Waals surface area contributed by atoms with Crippen LogP contribution in [0.3, 0.4) is 0 Å². The number of rotatable bonds is 7. The van der Waals surface area contributed by atoms with Gasteiger partial charge in [0.1, 0.15) is 44.2 Å². The fourth-order valence-corrected chi connectivity index (χ4v) is 4.27. The Bertz CT molecular complexity index is 976. The van der Waals surface area contributed by atoms with Gasteiger partial charge in [0.25, 0.3) is 5.91 Å². The number of nitrogens with one attached hydrogen (secondary N) is 3. The summed E-state index contributed by atoms with van der Waals surface area (Å²) in [6.45, 7) is 9.49. The van der Waals surface area contributed by atoms with Gasteiger partial charge in [-0.1, -0.05) is 59.8 Å². The molecular weight excluding hydrogens is 388 g/mol. The molecule has 0 radical (unpaired) electrons. The quantitative estimate of drug-likeness (QED) is 0.530. The van der Waals surface area contributed by atoms with Crippen molar-refractivity contribution >= 4 is 5.91 Å². The topological polar surface area (TPSA) is 64.0 Å². The number of nitrogens with zero attached hydrogens (tertiary/aromatic N) is 1. The van der Waals surface area contributed by atoms with E-state index < -0.39 is 0 Å². The molecule has 3 aromatic rings. The van der Waals surface area contributed by atoms with Gasteiger partial charge in [0, 0.05) is 6.07 Å². The van der Waals surface area contributed by atoms with Gasteiger partial charge in [-0.05, 0) is 30.5 Å². The van der Waals surface area contributed by atoms with Crippen LogP contribution in [0.4, 0.5) is 0 Å². The van der Waals surface area contributed by atoms with Crippen molar-refractivity contribution in [2.75, 3.05) is 32.7 Å². The summed E-state index contributed by atoms with van der Waals surface area (Å²) in [5.74, 6) is 0.976. The third kappa shape index (κ3) is 5.81.